The monoisotopic (exact) mass is 715 g/mol. The van der Waals surface area contributed by atoms with Crippen molar-refractivity contribution < 1.29 is 28.5 Å². The fraction of sp³-hybridized carbons (Fsp3) is 0.778. The van der Waals surface area contributed by atoms with Gasteiger partial charge in [-0.3, -0.25) is 9.59 Å². The van der Waals surface area contributed by atoms with E-state index in [0.29, 0.717) is 19.4 Å². The van der Waals surface area contributed by atoms with Crippen LogP contribution in [0.3, 0.4) is 0 Å². The quantitative estimate of drug-likeness (QED) is 0.0388. The van der Waals surface area contributed by atoms with Crippen LogP contribution < -0.4 is 4.74 Å². The molecule has 1 aromatic rings. The van der Waals surface area contributed by atoms with Crippen LogP contribution in [0.25, 0.3) is 0 Å². The van der Waals surface area contributed by atoms with Gasteiger partial charge >= 0.3 is 11.9 Å². The third kappa shape index (κ3) is 31.0. The lowest BCUT2D eigenvalue weighted by Crippen LogP contribution is -2.29. The predicted molar refractivity (Wildman–Crippen MR) is 213 cm³/mol. The number of methoxy groups -OCH3 is 1. The second-order valence-electron chi connectivity index (χ2n) is 14.5. The van der Waals surface area contributed by atoms with Gasteiger partial charge in [-0.05, 0) is 56.2 Å². The number of allylic oxidation sites excluding steroid dienone is 2. The third-order valence-electron chi connectivity index (χ3n) is 9.59. The minimum Gasteiger partial charge on any atom is -0.497 e. The molecule has 0 aliphatic carbocycles. The number of carbonyl (C=O) groups is 2. The van der Waals surface area contributed by atoms with Gasteiger partial charge in [0.1, 0.15) is 12.4 Å². The summed E-state index contributed by atoms with van der Waals surface area (Å²) < 4.78 is 22.4. The van der Waals surface area contributed by atoms with Gasteiger partial charge in [-0.25, -0.2) is 0 Å². The molecule has 6 nitrogen and oxygen atoms in total. The molecule has 0 heterocycles. The van der Waals surface area contributed by atoms with Crippen molar-refractivity contribution in [2.45, 2.75) is 206 Å². The Hall–Kier alpha value is -2.34. The molecule has 0 saturated carbocycles. The summed E-state index contributed by atoms with van der Waals surface area (Å²) >= 11 is 0. The van der Waals surface area contributed by atoms with E-state index in [1.54, 1.807) is 7.11 Å². The van der Waals surface area contributed by atoms with E-state index < -0.39 is 6.10 Å². The average Bonchev–Trinajstić information content (AvgIpc) is 3.14. The maximum Gasteiger partial charge on any atom is 0.306 e. The summed E-state index contributed by atoms with van der Waals surface area (Å²) in [5, 5.41) is 0. The van der Waals surface area contributed by atoms with E-state index in [4.69, 9.17) is 18.9 Å². The lowest BCUT2D eigenvalue weighted by molar-refractivity contribution is -0.163. The Morgan fingerprint density at radius 2 is 0.980 bits per heavy atom. The van der Waals surface area contributed by atoms with Crippen LogP contribution >= 0.6 is 0 Å². The van der Waals surface area contributed by atoms with Crippen molar-refractivity contribution in [3.63, 3.8) is 0 Å². The zero-order valence-corrected chi connectivity index (χ0v) is 33.4. The number of esters is 2. The number of hydrogen-bond donors (Lipinski definition) is 0. The standard InChI is InChI=1S/C45H78O6/c1-4-6-8-10-12-14-16-18-19-21-23-25-27-29-31-33-45(47)51-43(39-49-38-41-34-36-42(48-3)37-35-41)40-50-44(46)32-30-28-26-24-22-20-17-15-13-11-9-7-5-2/h18-19,34-37,43H,4-17,20-33,38-40H2,1-3H3/b19-18-/t43-/m0/s1. The van der Waals surface area contributed by atoms with Crippen LogP contribution in [0.1, 0.15) is 199 Å². The molecule has 0 aromatic heterocycles. The SMILES string of the molecule is CCCCCCCC/C=C\CCCCCCCC(=O)O[C@@H](COCc1ccc(OC)cc1)COC(=O)CCCCCCCCCCCCCCC. The maximum atomic E-state index is 12.7. The smallest absolute Gasteiger partial charge is 0.306 e. The molecule has 0 bridgehead atoms. The molecule has 0 saturated heterocycles. The Balaban J connectivity index is 2.24. The predicted octanol–water partition coefficient (Wildman–Crippen LogP) is 13.2. The summed E-state index contributed by atoms with van der Waals surface area (Å²) in [6, 6.07) is 7.68. The molecule has 0 unspecified atom stereocenters. The molecule has 0 fully saturated rings. The molecule has 0 amide bonds. The van der Waals surface area contributed by atoms with Gasteiger partial charge in [0.25, 0.3) is 0 Å². The Kier molecular flexibility index (Phi) is 33.0. The summed E-state index contributed by atoms with van der Waals surface area (Å²) in [6.07, 6.45) is 37.2. The van der Waals surface area contributed by atoms with Crippen molar-refractivity contribution in [1.29, 1.82) is 0 Å². The van der Waals surface area contributed by atoms with Gasteiger partial charge in [-0.15, -0.1) is 0 Å². The Bertz CT molecular complexity index is 943. The number of carbonyl (C=O) groups excluding carboxylic acids is 2. The Labute approximate surface area is 314 Å². The normalized spacial score (nSPS) is 12.0. The highest BCUT2D eigenvalue weighted by molar-refractivity contribution is 5.70. The average molecular weight is 715 g/mol. The van der Waals surface area contributed by atoms with E-state index in [0.717, 1.165) is 49.8 Å². The van der Waals surface area contributed by atoms with Gasteiger partial charge in [0, 0.05) is 12.8 Å². The Morgan fingerprint density at radius 1 is 0.549 bits per heavy atom. The zero-order valence-electron chi connectivity index (χ0n) is 33.4. The molecule has 294 valence electrons. The first-order chi connectivity index (χ1) is 25.1. The molecule has 0 spiro atoms. The van der Waals surface area contributed by atoms with E-state index in [9.17, 15) is 9.59 Å². The van der Waals surface area contributed by atoms with Crippen LogP contribution in [0.4, 0.5) is 0 Å². The van der Waals surface area contributed by atoms with Crippen LogP contribution in [0.2, 0.25) is 0 Å². The first kappa shape index (κ1) is 46.7. The van der Waals surface area contributed by atoms with Crippen molar-refractivity contribution in [2.75, 3.05) is 20.3 Å². The highest BCUT2D eigenvalue weighted by Crippen LogP contribution is 2.15. The van der Waals surface area contributed by atoms with Crippen molar-refractivity contribution in [3.05, 3.63) is 42.0 Å². The fourth-order valence-corrected chi connectivity index (χ4v) is 6.28. The van der Waals surface area contributed by atoms with E-state index >= 15 is 0 Å². The molecule has 0 aliphatic rings. The van der Waals surface area contributed by atoms with Gasteiger partial charge in [0.15, 0.2) is 6.10 Å². The first-order valence-electron chi connectivity index (χ1n) is 21.3. The Morgan fingerprint density at radius 3 is 1.45 bits per heavy atom. The highest BCUT2D eigenvalue weighted by atomic mass is 16.6. The first-order valence-corrected chi connectivity index (χ1v) is 21.3. The lowest BCUT2D eigenvalue weighted by atomic mass is 10.0. The van der Waals surface area contributed by atoms with Crippen molar-refractivity contribution in [3.8, 4) is 5.75 Å². The van der Waals surface area contributed by atoms with E-state index in [1.807, 2.05) is 24.3 Å². The highest BCUT2D eigenvalue weighted by Gasteiger charge is 2.18. The molecular weight excluding hydrogens is 636 g/mol. The van der Waals surface area contributed by atoms with Crippen LogP contribution in [0.15, 0.2) is 36.4 Å². The van der Waals surface area contributed by atoms with Crippen molar-refractivity contribution >= 4 is 11.9 Å². The molecule has 0 radical (unpaired) electrons. The maximum absolute atomic E-state index is 12.7. The van der Waals surface area contributed by atoms with Crippen LogP contribution in [-0.4, -0.2) is 38.4 Å². The third-order valence-corrected chi connectivity index (χ3v) is 9.59. The number of unbranched alkanes of at least 4 members (excludes halogenated alkanes) is 23. The molecule has 1 atom stereocenters. The van der Waals surface area contributed by atoms with Crippen LogP contribution in [0.5, 0.6) is 5.75 Å². The van der Waals surface area contributed by atoms with Crippen LogP contribution in [-0.2, 0) is 30.4 Å². The molecule has 6 heteroatoms. The molecule has 1 rings (SSSR count). The number of rotatable bonds is 37. The van der Waals surface area contributed by atoms with E-state index in [1.165, 1.54) is 128 Å². The van der Waals surface area contributed by atoms with Gasteiger partial charge in [0.2, 0.25) is 0 Å². The molecule has 0 N–H and O–H groups in total. The summed E-state index contributed by atoms with van der Waals surface area (Å²) in [5.74, 6) is 0.307. The van der Waals surface area contributed by atoms with Crippen molar-refractivity contribution in [2.24, 2.45) is 0 Å². The second kappa shape index (κ2) is 36.0. The topological polar surface area (TPSA) is 71.1 Å². The minimum absolute atomic E-state index is 0.0258. The number of hydrogen-bond acceptors (Lipinski definition) is 6. The lowest BCUT2D eigenvalue weighted by Gasteiger charge is -2.18. The van der Waals surface area contributed by atoms with Gasteiger partial charge in [0.05, 0.1) is 20.3 Å². The van der Waals surface area contributed by atoms with Gasteiger partial charge in [-0.1, -0.05) is 167 Å². The number of ether oxygens (including phenoxy) is 4. The molecular formula is C45H78O6. The van der Waals surface area contributed by atoms with E-state index in [-0.39, 0.29) is 25.2 Å². The van der Waals surface area contributed by atoms with Crippen LogP contribution in [0, 0.1) is 0 Å². The molecule has 1 aromatic carbocycles. The fourth-order valence-electron chi connectivity index (χ4n) is 6.28. The second-order valence-corrected chi connectivity index (χ2v) is 14.5. The molecule has 0 aliphatic heterocycles. The minimum atomic E-state index is -0.616. The summed E-state index contributed by atoms with van der Waals surface area (Å²) in [6.45, 7) is 5.11. The van der Waals surface area contributed by atoms with E-state index in [2.05, 4.69) is 26.0 Å². The largest absolute Gasteiger partial charge is 0.497 e. The van der Waals surface area contributed by atoms with Crippen molar-refractivity contribution in [1.82, 2.24) is 0 Å². The summed E-state index contributed by atoms with van der Waals surface area (Å²) in [4.78, 5) is 25.2. The molecule has 51 heavy (non-hydrogen) atoms. The summed E-state index contributed by atoms with van der Waals surface area (Å²) in [5.41, 5.74) is 0.994. The summed E-state index contributed by atoms with van der Waals surface area (Å²) in [7, 11) is 1.64. The van der Waals surface area contributed by atoms with Gasteiger partial charge < -0.3 is 18.9 Å². The number of benzene rings is 1. The zero-order chi connectivity index (χ0) is 36.9. The van der Waals surface area contributed by atoms with Gasteiger partial charge in [-0.2, -0.15) is 0 Å².